The molecule has 0 radical (unpaired) electrons. The average Bonchev–Trinajstić information content (AvgIpc) is 3.11. The molecule has 0 unspecified atom stereocenters. The fraction of sp³-hybridized carbons (Fsp3) is 0.917. The molecule has 108 valence electrons. The first-order valence-electron chi connectivity index (χ1n) is 7.14. The average molecular weight is 304 g/mol. The molecule has 0 bridgehead atoms. The third kappa shape index (κ3) is 3.38. The number of quaternary nitrogens is 1. The number of hydrogen-bond donors (Lipinski definition) is 2. The first kappa shape index (κ1) is 13.6. The van der Waals surface area contributed by atoms with Crippen molar-refractivity contribution in [2.75, 3.05) is 37.7 Å². The number of thiocarbonyl (C=S) groups is 1. The molecule has 0 spiro atoms. The number of hydrogen-bond acceptors (Lipinski definition) is 3. The van der Waals surface area contributed by atoms with Gasteiger partial charge >= 0.3 is 0 Å². The number of rotatable bonds is 2. The fourth-order valence-corrected chi connectivity index (χ4v) is 5.19. The number of piperazine rings is 1. The minimum Gasteiger partial charge on any atom is -0.360 e. The lowest BCUT2D eigenvalue weighted by Gasteiger charge is -2.36. The zero-order valence-corrected chi connectivity index (χ0v) is 12.7. The van der Waals surface area contributed by atoms with E-state index < -0.39 is 9.84 Å². The van der Waals surface area contributed by atoms with Crippen LogP contribution in [0.15, 0.2) is 0 Å². The van der Waals surface area contributed by atoms with E-state index in [0.717, 1.165) is 37.7 Å². The summed E-state index contributed by atoms with van der Waals surface area (Å²) in [6, 6.07) is 0.926. The molecule has 0 aromatic carbocycles. The van der Waals surface area contributed by atoms with Crippen LogP contribution in [0.25, 0.3) is 0 Å². The molecule has 2 saturated heterocycles. The molecule has 1 saturated carbocycles. The molecule has 19 heavy (non-hydrogen) atoms. The number of sulfone groups is 1. The third-order valence-corrected chi connectivity index (χ3v) is 6.55. The first-order valence-corrected chi connectivity index (χ1v) is 9.37. The summed E-state index contributed by atoms with van der Waals surface area (Å²) in [5, 5.41) is 4.26. The van der Waals surface area contributed by atoms with Crippen molar-refractivity contribution in [1.82, 2.24) is 10.2 Å². The molecule has 1 aliphatic carbocycles. The van der Waals surface area contributed by atoms with Gasteiger partial charge in [0.05, 0.1) is 31.9 Å². The fourth-order valence-electron chi connectivity index (χ4n) is 3.02. The largest absolute Gasteiger partial charge is 0.360 e. The second-order valence-corrected chi connectivity index (χ2v) is 8.58. The molecule has 1 atom stereocenters. The SMILES string of the molecule is O=S1(=O)CC[C@H]([NH+]2CCN(C(=S)NC3CC3)CC2)C1. The van der Waals surface area contributed by atoms with E-state index in [1.165, 1.54) is 17.7 Å². The summed E-state index contributed by atoms with van der Waals surface area (Å²) in [6.45, 7) is 3.91. The lowest BCUT2D eigenvalue weighted by atomic mass is 10.2. The van der Waals surface area contributed by atoms with E-state index in [9.17, 15) is 8.42 Å². The van der Waals surface area contributed by atoms with Crippen molar-refractivity contribution in [1.29, 1.82) is 0 Å². The zero-order chi connectivity index (χ0) is 13.5. The predicted octanol–water partition coefficient (Wildman–Crippen LogP) is -1.59. The maximum absolute atomic E-state index is 11.5. The summed E-state index contributed by atoms with van der Waals surface area (Å²) in [5.74, 6) is 0.764. The van der Waals surface area contributed by atoms with Crippen LogP contribution in [0.3, 0.4) is 0 Å². The van der Waals surface area contributed by atoms with E-state index in [1.807, 2.05) is 0 Å². The van der Waals surface area contributed by atoms with Crippen molar-refractivity contribution in [3.63, 3.8) is 0 Å². The summed E-state index contributed by atoms with van der Waals surface area (Å²) < 4.78 is 23.1. The van der Waals surface area contributed by atoms with Gasteiger partial charge in [-0.25, -0.2) is 8.42 Å². The van der Waals surface area contributed by atoms with Crippen LogP contribution in [-0.4, -0.2) is 68.2 Å². The van der Waals surface area contributed by atoms with Crippen molar-refractivity contribution < 1.29 is 13.3 Å². The maximum atomic E-state index is 11.5. The monoisotopic (exact) mass is 304 g/mol. The van der Waals surface area contributed by atoms with Crippen LogP contribution in [-0.2, 0) is 9.84 Å². The number of nitrogens with one attached hydrogen (secondary N) is 2. The highest BCUT2D eigenvalue weighted by Gasteiger charge is 2.37. The standard InChI is InChI=1S/C12H21N3O2S2/c16-19(17)8-3-11(9-19)14-4-6-15(7-5-14)12(18)13-10-1-2-10/h10-11H,1-9H2,(H,13,18)/p+1/t11-/m0/s1. The van der Waals surface area contributed by atoms with E-state index in [4.69, 9.17) is 12.2 Å². The highest BCUT2D eigenvalue weighted by Crippen LogP contribution is 2.19. The first-order chi connectivity index (χ1) is 9.03. The van der Waals surface area contributed by atoms with Crippen LogP contribution in [0.5, 0.6) is 0 Å². The van der Waals surface area contributed by atoms with Gasteiger partial charge in [-0.15, -0.1) is 0 Å². The van der Waals surface area contributed by atoms with Crippen LogP contribution in [0.1, 0.15) is 19.3 Å². The molecule has 0 aromatic rings. The molecule has 3 aliphatic rings. The summed E-state index contributed by atoms with van der Waals surface area (Å²) in [5.41, 5.74) is 0. The summed E-state index contributed by atoms with van der Waals surface area (Å²) in [4.78, 5) is 3.69. The van der Waals surface area contributed by atoms with Crippen LogP contribution in [0.4, 0.5) is 0 Å². The summed E-state index contributed by atoms with van der Waals surface area (Å²) in [6.07, 6.45) is 3.32. The Balaban J connectivity index is 1.47. The van der Waals surface area contributed by atoms with Crippen molar-refractivity contribution in [2.45, 2.75) is 31.3 Å². The quantitative estimate of drug-likeness (QED) is 0.603. The van der Waals surface area contributed by atoms with Crippen molar-refractivity contribution in [2.24, 2.45) is 0 Å². The Morgan fingerprint density at radius 1 is 1.21 bits per heavy atom. The Labute approximate surface area is 120 Å². The Bertz CT molecular complexity index is 454. The van der Waals surface area contributed by atoms with Gasteiger partial charge in [-0.2, -0.15) is 0 Å². The number of nitrogens with zero attached hydrogens (tertiary/aromatic N) is 1. The van der Waals surface area contributed by atoms with Gasteiger partial charge in [0.1, 0.15) is 11.8 Å². The minimum atomic E-state index is -2.75. The van der Waals surface area contributed by atoms with Gasteiger partial charge in [0, 0.05) is 12.5 Å². The maximum Gasteiger partial charge on any atom is 0.169 e. The Morgan fingerprint density at radius 3 is 2.42 bits per heavy atom. The van der Waals surface area contributed by atoms with Gasteiger partial charge < -0.3 is 15.1 Å². The van der Waals surface area contributed by atoms with E-state index in [2.05, 4.69) is 10.2 Å². The minimum absolute atomic E-state index is 0.317. The lowest BCUT2D eigenvalue weighted by molar-refractivity contribution is -0.925. The Hall–Kier alpha value is -0.400. The van der Waals surface area contributed by atoms with Crippen molar-refractivity contribution in [3.8, 4) is 0 Å². The van der Waals surface area contributed by atoms with E-state index >= 15 is 0 Å². The molecule has 0 aromatic heterocycles. The topological polar surface area (TPSA) is 53.9 Å². The molecule has 7 heteroatoms. The van der Waals surface area contributed by atoms with Gasteiger partial charge in [-0.3, -0.25) is 0 Å². The van der Waals surface area contributed by atoms with Crippen LogP contribution in [0, 0.1) is 0 Å². The summed E-state index contributed by atoms with van der Waals surface area (Å²) >= 11 is 5.41. The van der Waals surface area contributed by atoms with Gasteiger partial charge in [0.2, 0.25) is 0 Å². The molecule has 5 nitrogen and oxygen atoms in total. The highest BCUT2D eigenvalue weighted by atomic mass is 32.2. The smallest absolute Gasteiger partial charge is 0.169 e. The molecule has 2 aliphatic heterocycles. The highest BCUT2D eigenvalue weighted by molar-refractivity contribution is 7.91. The molecule has 2 heterocycles. The van der Waals surface area contributed by atoms with E-state index in [1.54, 1.807) is 0 Å². The molecule has 3 rings (SSSR count). The summed E-state index contributed by atoms with van der Waals surface area (Å²) in [7, 11) is -2.75. The lowest BCUT2D eigenvalue weighted by Crippen LogP contribution is -3.18. The Kier molecular flexibility index (Phi) is 3.70. The van der Waals surface area contributed by atoms with Crippen LogP contribution >= 0.6 is 12.2 Å². The zero-order valence-electron chi connectivity index (χ0n) is 11.1. The van der Waals surface area contributed by atoms with Crippen molar-refractivity contribution >= 4 is 27.2 Å². The van der Waals surface area contributed by atoms with Gasteiger partial charge in [0.15, 0.2) is 14.9 Å². The third-order valence-electron chi connectivity index (χ3n) is 4.41. The molecule has 3 fully saturated rings. The van der Waals surface area contributed by atoms with E-state index in [-0.39, 0.29) is 0 Å². The van der Waals surface area contributed by atoms with Crippen LogP contribution in [0.2, 0.25) is 0 Å². The van der Waals surface area contributed by atoms with E-state index in [0.29, 0.717) is 23.6 Å². The van der Waals surface area contributed by atoms with Crippen molar-refractivity contribution in [3.05, 3.63) is 0 Å². The van der Waals surface area contributed by atoms with Gasteiger partial charge in [0.25, 0.3) is 0 Å². The molecule has 0 amide bonds. The second-order valence-electron chi connectivity index (χ2n) is 5.97. The molecular weight excluding hydrogens is 282 g/mol. The van der Waals surface area contributed by atoms with Gasteiger partial charge in [-0.05, 0) is 25.1 Å². The second kappa shape index (κ2) is 5.18. The van der Waals surface area contributed by atoms with Crippen LogP contribution < -0.4 is 10.2 Å². The normalized spacial score (nSPS) is 31.4. The predicted molar refractivity (Wildman–Crippen MR) is 78.1 cm³/mol. The molecule has 2 N–H and O–H groups in total. The molecular formula is C12H22N3O2S2+. The Morgan fingerprint density at radius 2 is 1.89 bits per heavy atom. The van der Waals surface area contributed by atoms with Gasteiger partial charge in [-0.1, -0.05) is 0 Å².